The first-order valence-electron chi connectivity index (χ1n) is 4.60. The summed E-state index contributed by atoms with van der Waals surface area (Å²) in [6.07, 6.45) is 0.892. The van der Waals surface area contributed by atoms with Gasteiger partial charge in [-0.1, -0.05) is 26.0 Å². The highest BCUT2D eigenvalue weighted by Crippen LogP contribution is 2.18. The summed E-state index contributed by atoms with van der Waals surface area (Å²) in [4.78, 5) is 0. The van der Waals surface area contributed by atoms with Crippen molar-refractivity contribution in [2.45, 2.75) is 26.3 Å². The fourth-order valence-corrected chi connectivity index (χ4v) is 1.38. The molecule has 2 heteroatoms. The Hall–Kier alpha value is -0.890. The molecule has 13 heavy (non-hydrogen) atoms. The Balaban J connectivity index is 2.71. The Bertz CT molecular complexity index is 271. The predicted molar refractivity (Wildman–Crippen MR) is 52.8 cm³/mol. The molecular formula is C11H16FN. The predicted octanol–water partition coefficient (Wildman–Crippen LogP) is 2.87. The molecule has 1 rings (SSSR count). The molecule has 0 aliphatic rings. The van der Waals surface area contributed by atoms with Gasteiger partial charge in [-0.2, -0.15) is 0 Å². The second-order valence-corrected chi connectivity index (χ2v) is 3.79. The van der Waals surface area contributed by atoms with Gasteiger partial charge < -0.3 is 5.73 Å². The zero-order valence-corrected chi connectivity index (χ0v) is 8.13. The monoisotopic (exact) mass is 181 g/mol. The standard InChI is InChI=1S/C11H16FN/c1-8(2)6-11(13)9-4-3-5-10(12)7-9/h3-5,7-8,11H,6,13H2,1-2H3. The first-order chi connectivity index (χ1) is 6.09. The van der Waals surface area contributed by atoms with E-state index in [-0.39, 0.29) is 11.9 Å². The number of rotatable bonds is 3. The van der Waals surface area contributed by atoms with Crippen molar-refractivity contribution >= 4 is 0 Å². The third-order valence-electron chi connectivity index (χ3n) is 2.00. The van der Waals surface area contributed by atoms with Gasteiger partial charge in [0.05, 0.1) is 0 Å². The lowest BCUT2D eigenvalue weighted by atomic mass is 9.98. The lowest BCUT2D eigenvalue weighted by Gasteiger charge is -2.14. The Labute approximate surface area is 78.8 Å². The summed E-state index contributed by atoms with van der Waals surface area (Å²) in [7, 11) is 0. The first kappa shape index (κ1) is 10.2. The second-order valence-electron chi connectivity index (χ2n) is 3.79. The molecule has 1 aromatic carbocycles. The molecule has 0 aliphatic heterocycles. The van der Waals surface area contributed by atoms with Crippen LogP contribution in [-0.4, -0.2) is 0 Å². The molecule has 1 nitrogen and oxygen atoms in total. The van der Waals surface area contributed by atoms with Crippen LogP contribution in [0.15, 0.2) is 24.3 Å². The maximum Gasteiger partial charge on any atom is 0.123 e. The highest BCUT2D eigenvalue weighted by Gasteiger charge is 2.08. The third-order valence-corrected chi connectivity index (χ3v) is 2.00. The van der Waals surface area contributed by atoms with Crippen LogP contribution in [0.1, 0.15) is 31.9 Å². The van der Waals surface area contributed by atoms with E-state index in [1.165, 1.54) is 12.1 Å². The minimum atomic E-state index is -0.211. The highest BCUT2D eigenvalue weighted by molar-refractivity contribution is 5.19. The molecule has 0 saturated carbocycles. The molecule has 2 N–H and O–H groups in total. The van der Waals surface area contributed by atoms with Crippen LogP contribution in [0.4, 0.5) is 4.39 Å². The molecule has 0 bridgehead atoms. The summed E-state index contributed by atoms with van der Waals surface area (Å²) in [6.45, 7) is 4.22. The zero-order valence-electron chi connectivity index (χ0n) is 8.13. The van der Waals surface area contributed by atoms with E-state index in [2.05, 4.69) is 13.8 Å². The van der Waals surface area contributed by atoms with Crippen molar-refractivity contribution in [1.82, 2.24) is 0 Å². The topological polar surface area (TPSA) is 26.0 Å². The van der Waals surface area contributed by atoms with Crippen molar-refractivity contribution in [3.63, 3.8) is 0 Å². The summed E-state index contributed by atoms with van der Waals surface area (Å²) >= 11 is 0. The molecule has 0 radical (unpaired) electrons. The first-order valence-corrected chi connectivity index (χ1v) is 4.60. The van der Waals surface area contributed by atoms with Crippen LogP contribution < -0.4 is 5.73 Å². The lowest BCUT2D eigenvalue weighted by molar-refractivity contribution is 0.507. The van der Waals surface area contributed by atoms with Crippen LogP contribution in [0, 0.1) is 11.7 Å². The molecule has 72 valence electrons. The molecule has 0 amide bonds. The number of hydrogen-bond donors (Lipinski definition) is 1. The maximum atomic E-state index is 12.8. The normalized spacial score (nSPS) is 13.3. The molecule has 0 aliphatic carbocycles. The number of hydrogen-bond acceptors (Lipinski definition) is 1. The third kappa shape index (κ3) is 3.15. The molecule has 0 fully saturated rings. The molecule has 0 heterocycles. The Morgan fingerprint density at radius 3 is 2.62 bits per heavy atom. The average Bonchev–Trinajstić information content (AvgIpc) is 2.03. The Kier molecular flexibility index (Phi) is 3.43. The SMILES string of the molecule is CC(C)CC(N)c1cccc(F)c1. The van der Waals surface area contributed by atoms with Crippen LogP contribution in [0.25, 0.3) is 0 Å². The van der Waals surface area contributed by atoms with Gasteiger partial charge >= 0.3 is 0 Å². The number of halogens is 1. The summed E-state index contributed by atoms with van der Waals surface area (Å²) < 4.78 is 12.8. The molecule has 0 aromatic heterocycles. The van der Waals surface area contributed by atoms with Gasteiger partial charge in [0, 0.05) is 6.04 Å². The molecule has 1 aromatic rings. The zero-order chi connectivity index (χ0) is 9.84. The van der Waals surface area contributed by atoms with Crippen molar-refractivity contribution in [3.05, 3.63) is 35.6 Å². The summed E-state index contributed by atoms with van der Waals surface area (Å²) in [5.41, 5.74) is 6.78. The van der Waals surface area contributed by atoms with E-state index in [1.807, 2.05) is 6.07 Å². The average molecular weight is 181 g/mol. The maximum absolute atomic E-state index is 12.8. The fourth-order valence-electron chi connectivity index (χ4n) is 1.38. The summed E-state index contributed by atoms with van der Waals surface area (Å²) in [5, 5.41) is 0. The van der Waals surface area contributed by atoms with Crippen molar-refractivity contribution in [2.24, 2.45) is 11.7 Å². The number of nitrogens with two attached hydrogens (primary N) is 1. The van der Waals surface area contributed by atoms with Crippen LogP contribution >= 0.6 is 0 Å². The smallest absolute Gasteiger partial charge is 0.123 e. The number of benzene rings is 1. The van der Waals surface area contributed by atoms with Gasteiger partial charge in [-0.15, -0.1) is 0 Å². The Morgan fingerprint density at radius 2 is 2.08 bits per heavy atom. The van der Waals surface area contributed by atoms with Gasteiger partial charge in [-0.25, -0.2) is 4.39 Å². The van der Waals surface area contributed by atoms with Gasteiger partial charge in [-0.05, 0) is 30.0 Å². The van der Waals surface area contributed by atoms with Crippen molar-refractivity contribution < 1.29 is 4.39 Å². The van der Waals surface area contributed by atoms with Gasteiger partial charge in [0.25, 0.3) is 0 Å². The van der Waals surface area contributed by atoms with E-state index < -0.39 is 0 Å². The van der Waals surface area contributed by atoms with E-state index in [1.54, 1.807) is 6.07 Å². The molecule has 0 spiro atoms. The van der Waals surface area contributed by atoms with Crippen molar-refractivity contribution in [3.8, 4) is 0 Å². The van der Waals surface area contributed by atoms with E-state index >= 15 is 0 Å². The van der Waals surface area contributed by atoms with Gasteiger partial charge in [0.2, 0.25) is 0 Å². The fraction of sp³-hybridized carbons (Fsp3) is 0.455. The molecule has 1 unspecified atom stereocenters. The van der Waals surface area contributed by atoms with E-state index in [4.69, 9.17) is 5.73 Å². The minimum absolute atomic E-state index is 0.0456. The van der Waals surface area contributed by atoms with Crippen molar-refractivity contribution in [1.29, 1.82) is 0 Å². The minimum Gasteiger partial charge on any atom is -0.324 e. The summed E-state index contributed by atoms with van der Waals surface area (Å²) in [5.74, 6) is 0.329. The highest BCUT2D eigenvalue weighted by atomic mass is 19.1. The summed E-state index contributed by atoms with van der Waals surface area (Å²) in [6, 6.07) is 6.47. The van der Waals surface area contributed by atoms with Crippen LogP contribution in [0.3, 0.4) is 0 Å². The van der Waals surface area contributed by atoms with Gasteiger partial charge in [0.1, 0.15) is 5.82 Å². The van der Waals surface area contributed by atoms with Gasteiger partial charge in [-0.3, -0.25) is 0 Å². The van der Waals surface area contributed by atoms with Crippen LogP contribution in [0.5, 0.6) is 0 Å². The van der Waals surface area contributed by atoms with E-state index in [0.29, 0.717) is 5.92 Å². The second kappa shape index (κ2) is 4.38. The van der Waals surface area contributed by atoms with E-state index in [9.17, 15) is 4.39 Å². The van der Waals surface area contributed by atoms with Crippen LogP contribution in [0.2, 0.25) is 0 Å². The quantitative estimate of drug-likeness (QED) is 0.762. The van der Waals surface area contributed by atoms with Crippen LogP contribution in [-0.2, 0) is 0 Å². The lowest BCUT2D eigenvalue weighted by Crippen LogP contribution is -2.12. The molecule has 1 atom stereocenters. The van der Waals surface area contributed by atoms with E-state index in [0.717, 1.165) is 12.0 Å². The molecule has 0 saturated heterocycles. The van der Waals surface area contributed by atoms with Crippen molar-refractivity contribution in [2.75, 3.05) is 0 Å². The largest absolute Gasteiger partial charge is 0.324 e. The van der Waals surface area contributed by atoms with Gasteiger partial charge in [0.15, 0.2) is 0 Å². The molecular weight excluding hydrogens is 165 g/mol. The Morgan fingerprint density at radius 1 is 1.38 bits per heavy atom.